The first-order valence-electron chi connectivity index (χ1n) is 8.90. The maximum atomic E-state index is 13.4. The number of Topliss-reactive ketones (excluding diaryl/α,β-unsaturated/α-hetero) is 1. The Hall–Kier alpha value is -3.06. The zero-order valence-electron chi connectivity index (χ0n) is 14.8. The number of piperazine rings is 1. The maximum absolute atomic E-state index is 13.4. The highest BCUT2D eigenvalue weighted by Crippen LogP contribution is 2.21. The fraction of sp³-hybridized carbons (Fsp3) is 0.250. The van der Waals surface area contributed by atoms with Gasteiger partial charge >= 0.3 is 0 Å². The summed E-state index contributed by atoms with van der Waals surface area (Å²) in [7, 11) is 0. The average Bonchev–Trinajstić information content (AvgIpc) is 2.70. The van der Waals surface area contributed by atoms with E-state index < -0.39 is 5.82 Å². The Morgan fingerprint density at radius 2 is 1.96 bits per heavy atom. The van der Waals surface area contributed by atoms with Gasteiger partial charge in [0.15, 0.2) is 5.78 Å². The van der Waals surface area contributed by atoms with Gasteiger partial charge in [0.25, 0.3) is 0 Å². The highest BCUT2D eigenvalue weighted by Gasteiger charge is 2.15. The van der Waals surface area contributed by atoms with Crippen molar-refractivity contribution in [3.05, 3.63) is 59.7 Å². The molecule has 0 bridgehead atoms. The van der Waals surface area contributed by atoms with Gasteiger partial charge in [-0.05, 0) is 42.0 Å². The zero-order valence-corrected chi connectivity index (χ0v) is 14.8. The monoisotopic (exact) mass is 365 g/mol. The fourth-order valence-corrected chi connectivity index (χ4v) is 3.24. The highest BCUT2D eigenvalue weighted by atomic mass is 19.1. The van der Waals surface area contributed by atoms with E-state index in [0.29, 0.717) is 16.8 Å². The molecular formula is C20H20FN5O. The molecule has 0 radical (unpaired) electrons. The lowest BCUT2D eigenvalue weighted by Gasteiger charge is -2.29. The summed E-state index contributed by atoms with van der Waals surface area (Å²) in [6, 6.07) is 9.89. The van der Waals surface area contributed by atoms with E-state index in [2.05, 4.69) is 20.2 Å². The molecule has 1 aliphatic rings. The summed E-state index contributed by atoms with van der Waals surface area (Å²) < 4.78 is 13.4. The van der Waals surface area contributed by atoms with Crippen LogP contribution in [0.1, 0.15) is 16.1 Å². The number of nitrogens with zero attached hydrogens (tertiary/aromatic N) is 3. The van der Waals surface area contributed by atoms with Gasteiger partial charge in [-0.2, -0.15) is 0 Å². The number of aromatic nitrogens is 2. The van der Waals surface area contributed by atoms with Crippen molar-refractivity contribution in [1.29, 1.82) is 0 Å². The summed E-state index contributed by atoms with van der Waals surface area (Å²) in [5.74, 6) is -0.662. The molecule has 2 aromatic carbocycles. The lowest BCUT2D eigenvalue weighted by Crippen LogP contribution is -2.43. The van der Waals surface area contributed by atoms with Crippen LogP contribution in [0.5, 0.6) is 0 Å². The van der Waals surface area contributed by atoms with E-state index in [0.717, 1.165) is 37.4 Å². The van der Waals surface area contributed by atoms with Crippen LogP contribution in [0, 0.1) is 5.82 Å². The van der Waals surface area contributed by atoms with E-state index in [1.165, 1.54) is 24.4 Å². The highest BCUT2D eigenvalue weighted by molar-refractivity contribution is 5.97. The van der Waals surface area contributed by atoms with E-state index in [4.69, 9.17) is 5.73 Å². The molecule has 0 saturated carbocycles. The van der Waals surface area contributed by atoms with Gasteiger partial charge in [-0.25, -0.2) is 9.37 Å². The normalized spacial score (nSPS) is 14.5. The molecule has 0 atom stereocenters. The summed E-state index contributed by atoms with van der Waals surface area (Å²) in [6.45, 7) is 3.82. The SMILES string of the molecule is Nc1ccc(F)cc1CC(=O)c1cnc2cc(N3CCNCC3)ccc2n1. The Kier molecular flexibility index (Phi) is 4.68. The number of ketones is 1. The first kappa shape index (κ1) is 17.4. The lowest BCUT2D eigenvalue weighted by atomic mass is 10.1. The van der Waals surface area contributed by atoms with Gasteiger partial charge in [-0.15, -0.1) is 0 Å². The lowest BCUT2D eigenvalue weighted by molar-refractivity contribution is 0.0988. The molecule has 6 nitrogen and oxygen atoms in total. The second-order valence-corrected chi connectivity index (χ2v) is 6.61. The number of carbonyl (C=O) groups is 1. The quantitative estimate of drug-likeness (QED) is 0.545. The van der Waals surface area contributed by atoms with Crippen LogP contribution in [0.15, 0.2) is 42.6 Å². The molecule has 1 aromatic heterocycles. The zero-order chi connectivity index (χ0) is 18.8. The van der Waals surface area contributed by atoms with Gasteiger partial charge in [0.1, 0.15) is 11.5 Å². The first-order chi connectivity index (χ1) is 13.1. The predicted molar refractivity (Wildman–Crippen MR) is 103 cm³/mol. The topological polar surface area (TPSA) is 84.1 Å². The molecule has 0 unspecified atom stereocenters. The minimum atomic E-state index is -0.419. The van der Waals surface area contributed by atoms with Crippen LogP contribution >= 0.6 is 0 Å². The third-order valence-electron chi connectivity index (χ3n) is 4.75. The van der Waals surface area contributed by atoms with Crippen molar-refractivity contribution < 1.29 is 9.18 Å². The molecule has 1 saturated heterocycles. The summed E-state index contributed by atoms with van der Waals surface area (Å²) in [6.07, 6.45) is 1.46. The molecule has 138 valence electrons. The molecular weight excluding hydrogens is 345 g/mol. The molecule has 27 heavy (non-hydrogen) atoms. The predicted octanol–water partition coefficient (Wildman–Crippen LogP) is 2.19. The van der Waals surface area contributed by atoms with Gasteiger partial charge < -0.3 is 16.0 Å². The van der Waals surface area contributed by atoms with Crippen molar-refractivity contribution in [3.63, 3.8) is 0 Å². The number of hydrogen-bond donors (Lipinski definition) is 2. The Balaban J connectivity index is 1.57. The van der Waals surface area contributed by atoms with Crippen LogP contribution in [0.4, 0.5) is 15.8 Å². The Labute approximate surface area is 156 Å². The van der Waals surface area contributed by atoms with Crippen LogP contribution in [0.3, 0.4) is 0 Å². The summed E-state index contributed by atoms with van der Waals surface area (Å²) in [5, 5.41) is 3.33. The van der Waals surface area contributed by atoms with Gasteiger partial charge in [0.2, 0.25) is 0 Å². The van der Waals surface area contributed by atoms with Crippen LogP contribution in [0.25, 0.3) is 11.0 Å². The molecule has 1 aliphatic heterocycles. The second kappa shape index (κ2) is 7.28. The van der Waals surface area contributed by atoms with E-state index >= 15 is 0 Å². The average molecular weight is 365 g/mol. The molecule has 1 fully saturated rings. The number of anilines is 2. The number of nitrogens with one attached hydrogen (secondary N) is 1. The van der Waals surface area contributed by atoms with E-state index in [9.17, 15) is 9.18 Å². The summed E-state index contributed by atoms with van der Waals surface area (Å²) in [4.78, 5) is 23.7. The van der Waals surface area contributed by atoms with Crippen LogP contribution in [-0.2, 0) is 6.42 Å². The van der Waals surface area contributed by atoms with Crippen molar-refractivity contribution in [1.82, 2.24) is 15.3 Å². The Morgan fingerprint density at radius 3 is 2.78 bits per heavy atom. The largest absolute Gasteiger partial charge is 0.398 e. The van der Waals surface area contributed by atoms with Gasteiger partial charge in [0, 0.05) is 44.0 Å². The number of benzene rings is 2. The molecule has 0 spiro atoms. The fourth-order valence-electron chi connectivity index (χ4n) is 3.24. The number of fused-ring (bicyclic) bond motifs is 1. The molecule has 0 amide bonds. The molecule has 3 N–H and O–H groups in total. The molecule has 2 heterocycles. The van der Waals surface area contributed by atoms with E-state index in [-0.39, 0.29) is 17.9 Å². The van der Waals surface area contributed by atoms with E-state index in [1.807, 2.05) is 18.2 Å². The third-order valence-corrected chi connectivity index (χ3v) is 4.75. The number of nitrogen functional groups attached to an aromatic ring is 1. The van der Waals surface area contributed by atoms with Gasteiger partial charge in [-0.3, -0.25) is 9.78 Å². The Morgan fingerprint density at radius 1 is 1.15 bits per heavy atom. The molecule has 3 aromatic rings. The number of hydrogen-bond acceptors (Lipinski definition) is 6. The van der Waals surface area contributed by atoms with Crippen LogP contribution in [0.2, 0.25) is 0 Å². The van der Waals surface area contributed by atoms with Crippen molar-refractivity contribution in [3.8, 4) is 0 Å². The molecule has 4 rings (SSSR count). The van der Waals surface area contributed by atoms with Crippen molar-refractivity contribution >= 4 is 28.2 Å². The number of carbonyl (C=O) groups excluding carboxylic acids is 1. The van der Waals surface area contributed by atoms with Crippen molar-refractivity contribution in [2.75, 3.05) is 36.8 Å². The number of rotatable bonds is 4. The van der Waals surface area contributed by atoms with E-state index in [1.54, 1.807) is 0 Å². The molecule has 7 heteroatoms. The third kappa shape index (κ3) is 3.73. The standard InChI is InChI=1S/C20H20FN5O/c21-14-1-3-16(22)13(9-14)10-20(27)19-12-24-18-11-15(2-4-17(18)25-19)26-7-5-23-6-8-26/h1-4,9,11-12,23H,5-8,10,22H2. The van der Waals surface area contributed by atoms with Crippen molar-refractivity contribution in [2.24, 2.45) is 0 Å². The molecule has 0 aliphatic carbocycles. The van der Waals surface area contributed by atoms with Crippen LogP contribution < -0.4 is 16.0 Å². The maximum Gasteiger partial charge on any atom is 0.187 e. The second-order valence-electron chi connectivity index (χ2n) is 6.61. The van der Waals surface area contributed by atoms with Crippen molar-refractivity contribution in [2.45, 2.75) is 6.42 Å². The minimum Gasteiger partial charge on any atom is -0.398 e. The summed E-state index contributed by atoms with van der Waals surface area (Å²) >= 11 is 0. The number of nitrogens with two attached hydrogens (primary N) is 1. The minimum absolute atomic E-state index is 0.0113. The van der Waals surface area contributed by atoms with Gasteiger partial charge in [-0.1, -0.05) is 0 Å². The number of halogens is 1. The smallest absolute Gasteiger partial charge is 0.187 e. The first-order valence-corrected chi connectivity index (χ1v) is 8.90. The summed E-state index contributed by atoms with van der Waals surface area (Å²) in [5.41, 5.74) is 9.43. The van der Waals surface area contributed by atoms with Crippen LogP contribution in [-0.4, -0.2) is 41.9 Å². The van der Waals surface area contributed by atoms with Gasteiger partial charge in [0.05, 0.1) is 17.2 Å². The Bertz CT molecular complexity index is 1000.